The Morgan fingerprint density at radius 1 is 1.41 bits per heavy atom. The number of aromatic carboxylic acids is 1. The fourth-order valence-corrected chi connectivity index (χ4v) is 3.51. The predicted molar refractivity (Wildman–Crippen MR) is 84.4 cm³/mol. The third-order valence-electron chi connectivity index (χ3n) is 4.82. The van der Waals surface area contributed by atoms with E-state index in [0.717, 1.165) is 25.2 Å². The van der Waals surface area contributed by atoms with Crippen molar-refractivity contribution in [2.24, 2.45) is 0 Å². The highest BCUT2D eigenvalue weighted by Gasteiger charge is 2.24. The first-order chi connectivity index (χ1) is 10.6. The molecule has 2 aliphatic rings. The number of hydrogen-bond acceptors (Lipinski definition) is 4. The number of carboxylic acids is 1. The fourth-order valence-electron chi connectivity index (χ4n) is 3.51. The van der Waals surface area contributed by atoms with E-state index in [1.54, 1.807) is 12.1 Å². The molecule has 22 heavy (non-hydrogen) atoms. The number of fused-ring (bicyclic) bond motifs is 1. The van der Waals surface area contributed by atoms with Gasteiger partial charge in [0.25, 0.3) is 0 Å². The summed E-state index contributed by atoms with van der Waals surface area (Å²) >= 11 is 0. The molecular weight excluding hydrogens is 280 g/mol. The SMILES string of the molecule is CN1CCCC1CCN1CCOc2c(cccc2C(=O)O)C1. The highest BCUT2D eigenvalue weighted by atomic mass is 16.5. The number of nitrogens with zero attached hydrogens (tertiary/aromatic N) is 2. The molecule has 2 aliphatic heterocycles. The number of ether oxygens (including phenoxy) is 1. The number of hydrogen-bond donors (Lipinski definition) is 1. The molecule has 1 saturated heterocycles. The maximum Gasteiger partial charge on any atom is 0.339 e. The second-order valence-corrected chi connectivity index (χ2v) is 6.29. The maximum atomic E-state index is 11.3. The minimum atomic E-state index is -0.919. The second-order valence-electron chi connectivity index (χ2n) is 6.29. The van der Waals surface area contributed by atoms with Crippen LogP contribution in [0.2, 0.25) is 0 Å². The summed E-state index contributed by atoms with van der Waals surface area (Å²) in [6, 6.07) is 6.08. The normalized spacial score (nSPS) is 22.9. The summed E-state index contributed by atoms with van der Waals surface area (Å²) < 4.78 is 5.73. The average Bonchev–Trinajstić information content (AvgIpc) is 2.79. The molecule has 5 heteroatoms. The smallest absolute Gasteiger partial charge is 0.339 e. The zero-order chi connectivity index (χ0) is 15.5. The number of likely N-dealkylation sites (tertiary alicyclic amines) is 1. The van der Waals surface area contributed by atoms with Crippen LogP contribution >= 0.6 is 0 Å². The Bertz CT molecular complexity index is 547. The van der Waals surface area contributed by atoms with Crippen LogP contribution in [0.25, 0.3) is 0 Å². The van der Waals surface area contributed by atoms with Gasteiger partial charge in [0, 0.05) is 31.2 Å². The Morgan fingerprint density at radius 2 is 2.27 bits per heavy atom. The monoisotopic (exact) mass is 304 g/mol. The molecule has 0 aliphatic carbocycles. The topological polar surface area (TPSA) is 53.0 Å². The van der Waals surface area contributed by atoms with Crippen LogP contribution in [0, 0.1) is 0 Å². The van der Waals surface area contributed by atoms with Crippen LogP contribution in [-0.4, -0.2) is 60.2 Å². The largest absolute Gasteiger partial charge is 0.491 e. The first-order valence-corrected chi connectivity index (χ1v) is 8.05. The molecule has 1 N–H and O–H groups in total. The van der Waals surface area contributed by atoms with Gasteiger partial charge in [-0.25, -0.2) is 4.79 Å². The van der Waals surface area contributed by atoms with Crippen molar-refractivity contribution in [3.8, 4) is 5.75 Å². The Kier molecular flexibility index (Phi) is 4.64. The van der Waals surface area contributed by atoms with Crippen molar-refractivity contribution < 1.29 is 14.6 Å². The molecule has 2 heterocycles. The lowest BCUT2D eigenvalue weighted by molar-refractivity contribution is 0.0692. The van der Waals surface area contributed by atoms with Gasteiger partial charge in [0.1, 0.15) is 17.9 Å². The molecule has 0 aromatic heterocycles. The fraction of sp³-hybridized carbons (Fsp3) is 0.588. The van der Waals surface area contributed by atoms with Crippen LogP contribution < -0.4 is 4.74 Å². The number of carboxylic acid groups (broad SMARTS) is 1. The third kappa shape index (κ3) is 3.25. The second kappa shape index (κ2) is 6.67. The molecule has 0 saturated carbocycles. The highest BCUT2D eigenvalue weighted by Crippen LogP contribution is 2.28. The van der Waals surface area contributed by atoms with Crippen LogP contribution in [0.15, 0.2) is 18.2 Å². The van der Waals surface area contributed by atoms with Crippen molar-refractivity contribution in [3.63, 3.8) is 0 Å². The quantitative estimate of drug-likeness (QED) is 0.923. The molecule has 0 spiro atoms. The van der Waals surface area contributed by atoms with Crippen molar-refractivity contribution in [2.75, 3.05) is 33.3 Å². The zero-order valence-corrected chi connectivity index (χ0v) is 13.1. The Hall–Kier alpha value is -1.59. The maximum absolute atomic E-state index is 11.3. The van der Waals surface area contributed by atoms with E-state index in [4.69, 9.17) is 4.74 Å². The van der Waals surface area contributed by atoms with Gasteiger partial charge in [-0.15, -0.1) is 0 Å². The van der Waals surface area contributed by atoms with E-state index in [0.29, 0.717) is 18.4 Å². The van der Waals surface area contributed by atoms with E-state index in [1.165, 1.54) is 25.8 Å². The predicted octanol–water partition coefficient (Wildman–Crippen LogP) is 2.06. The van der Waals surface area contributed by atoms with E-state index < -0.39 is 5.97 Å². The highest BCUT2D eigenvalue weighted by molar-refractivity contribution is 5.91. The number of carbonyl (C=O) groups is 1. The van der Waals surface area contributed by atoms with E-state index in [9.17, 15) is 9.90 Å². The summed E-state index contributed by atoms with van der Waals surface area (Å²) in [4.78, 5) is 16.1. The van der Waals surface area contributed by atoms with E-state index in [1.807, 2.05) is 6.07 Å². The summed E-state index contributed by atoms with van der Waals surface area (Å²) in [6.45, 7) is 4.42. The first-order valence-electron chi connectivity index (χ1n) is 8.05. The van der Waals surface area contributed by atoms with Gasteiger partial charge in [0.2, 0.25) is 0 Å². The van der Waals surface area contributed by atoms with Crippen molar-refractivity contribution in [3.05, 3.63) is 29.3 Å². The Balaban J connectivity index is 1.67. The number of para-hydroxylation sites is 1. The van der Waals surface area contributed by atoms with Gasteiger partial charge in [-0.05, 0) is 38.9 Å². The number of rotatable bonds is 4. The summed E-state index contributed by atoms with van der Waals surface area (Å²) in [5.41, 5.74) is 1.26. The van der Waals surface area contributed by atoms with Gasteiger partial charge in [-0.2, -0.15) is 0 Å². The molecule has 1 aromatic carbocycles. The Labute approximate surface area is 131 Å². The van der Waals surface area contributed by atoms with E-state index in [-0.39, 0.29) is 5.56 Å². The van der Waals surface area contributed by atoms with Crippen LogP contribution in [0.1, 0.15) is 35.2 Å². The molecule has 120 valence electrons. The average molecular weight is 304 g/mol. The lowest BCUT2D eigenvalue weighted by Crippen LogP contribution is -2.32. The molecule has 1 fully saturated rings. The molecule has 1 atom stereocenters. The molecule has 1 unspecified atom stereocenters. The van der Waals surface area contributed by atoms with Crippen molar-refractivity contribution >= 4 is 5.97 Å². The van der Waals surface area contributed by atoms with Gasteiger partial charge in [-0.1, -0.05) is 12.1 Å². The van der Waals surface area contributed by atoms with Crippen molar-refractivity contribution in [1.29, 1.82) is 0 Å². The molecule has 0 radical (unpaired) electrons. The summed E-state index contributed by atoms with van der Waals surface area (Å²) in [7, 11) is 2.21. The van der Waals surface area contributed by atoms with Crippen LogP contribution in [-0.2, 0) is 6.54 Å². The summed E-state index contributed by atoms with van der Waals surface area (Å²) in [5, 5.41) is 9.28. The standard InChI is InChI=1S/C17H24N2O3/c1-18-8-3-5-14(18)7-9-19-10-11-22-16-13(12-19)4-2-6-15(16)17(20)21/h2,4,6,14H,3,5,7-12H2,1H3,(H,20,21). The lowest BCUT2D eigenvalue weighted by Gasteiger charge is -2.24. The van der Waals surface area contributed by atoms with Gasteiger partial charge in [0.15, 0.2) is 0 Å². The molecule has 1 aromatic rings. The molecule has 0 amide bonds. The molecule has 3 rings (SSSR count). The van der Waals surface area contributed by atoms with Crippen LogP contribution in [0.3, 0.4) is 0 Å². The van der Waals surface area contributed by atoms with Crippen LogP contribution in [0.4, 0.5) is 0 Å². The minimum Gasteiger partial charge on any atom is -0.491 e. The van der Waals surface area contributed by atoms with Crippen LogP contribution in [0.5, 0.6) is 5.75 Å². The van der Waals surface area contributed by atoms with E-state index in [2.05, 4.69) is 16.8 Å². The molecule has 0 bridgehead atoms. The van der Waals surface area contributed by atoms with Gasteiger partial charge >= 0.3 is 5.97 Å². The molecular formula is C17H24N2O3. The van der Waals surface area contributed by atoms with Gasteiger partial charge in [0.05, 0.1) is 0 Å². The van der Waals surface area contributed by atoms with Crippen molar-refractivity contribution in [1.82, 2.24) is 9.80 Å². The minimum absolute atomic E-state index is 0.273. The van der Waals surface area contributed by atoms with Gasteiger partial charge in [-0.3, -0.25) is 4.90 Å². The Morgan fingerprint density at radius 3 is 3.00 bits per heavy atom. The van der Waals surface area contributed by atoms with E-state index >= 15 is 0 Å². The van der Waals surface area contributed by atoms with Gasteiger partial charge < -0.3 is 14.7 Å². The summed E-state index contributed by atoms with van der Waals surface area (Å²) in [6.07, 6.45) is 3.76. The summed E-state index contributed by atoms with van der Waals surface area (Å²) in [5.74, 6) is -0.367. The molecule has 5 nitrogen and oxygen atoms in total. The first kappa shape index (κ1) is 15.3. The lowest BCUT2D eigenvalue weighted by atomic mass is 10.1. The number of benzene rings is 1. The van der Waals surface area contributed by atoms with Crippen molar-refractivity contribution in [2.45, 2.75) is 31.8 Å². The third-order valence-corrected chi connectivity index (χ3v) is 4.82. The zero-order valence-electron chi connectivity index (χ0n) is 13.1.